The number of carbonyl (C=O) groups is 3. The third kappa shape index (κ3) is 3.16. The largest absolute Gasteiger partial charge is 0.507 e. The molecule has 1 aliphatic carbocycles. The molecule has 2 aliphatic rings. The number of aromatic nitrogens is 1. The smallest absolute Gasteiger partial charge is 0.194 e. The molecule has 0 saturated carbocycles. The molecule has 34 heavy (non-hydrogen) atoms. The second-order valence-electron chi connectivity index (χ2n) is 9.24. The van der Waals surface area contributed by atoms with Crippen LogP contribution in [0.5, 0.6) is 17.2 Å². The van der Waals surface area contributed by atoms with Gasteiger partial charge in [-0.3, -0.25) is 14.4 Å². The fourth-order valence-electron chi connectivity index (χ4n) is 4.76. The van der Waals surface area contributed by atoms with Crippen molar-refractivity contribution in [3.8, 4) is 17.2 Å². The van der Waals surface area contributed by atoms with Gasteiger partial charge in [0.25, 0.3) is 0 Å². The van der Waals surface area contributed by atoms with Crippen molar-refractivity contribution in [2.75, 3.05) is 0 Å². The third-order valence-electron chi connectivity index (χ3n) is 6.72. The lowest BCUT2D eigenvalue weighted by Crippen LogP contribution is -2.41. The lowest BCUT2D eigenvalue weighted by Gasteiger charge is -2.29. The van der Waals surface area contributed by atoms with E-state index in [1.54, 1.807) is 13.8 Å². The highest BCUT2D eigenvalue weighted by molar-refractivity contribution is 6.31. The Hall–Kier alpha value is -3.81. The number of ketones is 3. The van der Waals surface area contributed by atoms with E-state index in [4.69, 9.17) is 4.74 Å². The molecule has 178 valence electrons. The van der Waals surface area contributed by atoms with Gasteiger partial charge in [-0.05, 0) is 53.7 Å². The van der Waals surface area contributed by atoms with Crippen LogP contribution in [0, 0.1) is 6.92 Å². The lowest BCUT2D eigenvalue weighted by atomic mass is 9.70. The number of phenols is 2. The van der Waals surface area contributed by atoms with Crippen LogP contribution in [0.4, 0.5) is 0 Å². The third-order valence-corrected chi connectivity index (χ3v) is 6.72. The molecule has 3 N–H and O–H groups in total. The highest BCUT2D eigenvalue weighted by Gasteiger charge is 2.56. The number of Topliss-reactive ketones (excluding diaryl/α,β-unsaturated/α-hetero) is 2. The van der Waals surface area contributed by atoms with E-state index in [-0.39, 0.29) is 45.6 Å². The minimum atomic E-state index is -1.52. The Morgan fingerprint density at radius 1 is 1.21 bits per heavy atom. The number of carbonyl (C=O) groups excluding carboxylic acids is 3. The molecule has 8 nitrogen and oxygen atoms in total. The molecule has 8 heteroatoms. The molecular formula is C26H28N2O6. The first-order valence-electron chi connectivity index (χ1n) is 11.1. The molecule has 2 heterocycles. The zero-order valence-electron chi connectivity index (χ0n) is 20.1. The zero-order valence-corrected chi connectivity index (χ0v) is 20.1. The van der Waals surface area contributed by atoms with E-state index >= 15 is 0 Å². The number of fused-ring (bicyclic) bond motifs is 3. The number of hydrogen-bond donors (Lipinski definition) is 3. The van der Waals surface area contributed by atoms with Crippen molar-refractivity contribution < 1.29 is 29.3 Å². The fourth-order valence-corrected chi connectivity index (χ4v) is 4.76. The van der Waals surface area contributed by atoms with Crippen LogP contribution in [0.15, 0.2) is 41.4 Å². The molecule has 0 unspecified atom stereocenters. The van der Waals surface area contributed by atoms with Gasteiger partial charge in [-0.25, -0.2) is 0 Å². The normalized spacial score (nSPS) is 20.6. The van der Waals surface area contributed by atoms with Crippen LogP contribution in [0.3, 0.4) is 0 Å². The van der Waals surface area contributed by atoms with Crippen molar-refractivity contribution in [2.24, 2.45) is 0 Å². The molecule has 1 aromatic heterocycles. The average Bonchev–Trinajstić information content (AvgIpc) is 3.34. The van der Waals surface area contributed by atoms with Crippen LogP contribution in [0.25, 0.3) is 0 Å². The Labute approximate surface area is 197 Å². The van der Waals surface area contributed by atoms with E-state index in [0.29, 0.717) is 12.2 Å². The molecule has 0 bridgehead atoms. The van der Waals surface area contributed by atoms with Crippen molar-refractivity contribution in [1.82, 2.24) is 9.88 Å². The van der Waals surface area contributed by atoms with Crippen LogP contribution in [0.2, 0.25) is 0 Å². The minimum absolute atomic E-state index is 0.0190. The fraction of sp³-hybridized carbons (Fsp3) is 0.346. The molecule has 0 fully saturated rings. The minimum Gasteiger partial charge on any atom is -0.507 e. The SMILES string of the molecule is CC(=O)c1c(O)c(C)c(O)c2c1OC1=CC(=O)C(=C(C)NCc3cccn3C(C)C)C(=O)[C@@]12C. The second kappa shape index (κ2) is 7.90. The van der Waals surface area contributed by atoms with Crippen LogP contribution in [-0.4, -0.2) is 32.1 Å². The Balaban J connectivity index is 1.81. The molecule has 1 aliphatic heterocycles. The number of hydrogen-bond acceptors (Lipinski definition) is 7. The number of phenolic OH excluding ortho intramolecular Hbond substituents is 2. The highest BCUT2D eigenvalue weighted by atomic mass is 16.5. The molecular weight excluding hydrogens is 436 g/mol. The average molecular weight is 465 g/mol. The second-order valence-corrected chi connectivity index (χ2v) is 9.24. The summed E-state index contributed by atoms with van der Waals surface area (Å²) in [6, 6.07) is 4.16. The van der Waals surface area contributed by atoms with Crippen molar-refractivity contribution >= 4 is 17.3 Å². The number of allylic oxidation sites excluding steroid dienone is 4. The maximum atomic E-state index is 13.8. The Morgan fingerprint density at radius 2 is 1.88 bits per heavy atom. The summed E-state index contributed by atoms with van der Waals surface area (Å²) in [7, 11) is 0. The number of ether oxygens (including phenoxy) is 1. The Morgan fingerprint density at radius 3 is 2.50 bits per heavy atom. The molecule has 1 aromatic carbocycles. The van der Waals surface area contributed by atoms with Crippen LogP contribution in [0.1, 0.15) is 67.8 Å². The first-order chi connectivity index (χ1) is 15.9. The van der Waals surface area contributed by atoms with E-state index in [1.807, 2.05) is 18.3 Å². The number of aromatic hydroxyl groups is 2. The maximum absolute atomic E-state index is 13.8. The van der Waals surface area contributed by atoms with E-state index in [9.17, 15) is 24.6 Å². The van der Waals surface area contributed by atoms with Crippen LogP contribution in [-0.2, 0) is 21.5 Å². The first kappa shape index (κ1) is 23.4. The summed E-state index contributed by atoms with van der Waals surface area (Å²) in [5, 5.41) is 24.5. The number of rotatable bonds is 5. The van der Waals surface area contributed by atoms with E-state index in [0.717, 1.165) is 5.69 Å². The van der Waals surface area contributed by atoms with Gasteiger partial charge in [0, 0.05) is 35.3 Å². The van der Waals surface area contributed by atoms with Gasteiger partial charge in [-0.15, -0.1) is 0 Å². The quantitative estimate of drug-likeness (QED) is 0.350. The van der Waals surface area contributed by atoms with Crippen molar-refractivity contribution in [2.45, 2.75) is 59.5 Å². The van der Waals surface area contributed by atoms with Gasteiger partial charge in [0.2, 0.25) is 0 Å². The summed E-state index contributed by atoms with van der Waals surface area (Å²) >= 11 is 0. The molecule has 0 radical (unpaired) electrons. The summed E-state index contributed by atoms with van der Waals surface area (Å²) in [6.45, 7) is 10.5. The van der Waals surface area contributed by atoms with Crippen molar-refractivity contribution in [3.63, 3.8) is 0 Å². The van der Waals surface area contributed by atoms with Gasteiger partial charge in [0.05, 0.1) is 17.7 Å². The molecule has 2 aromatic rings. The number of benzene rings is 1. The van der Waals surface area contributed by atoms with E-state index < -0.39 is 28.5 Å². The van der Waals surface area contributed by atoms with Gasteiger partial charge in [-0.2, -0.15) is 0 Å². The van der Waals surface area contributed by atoms with Crippen molar-refractivity contribution in [3.05, 3.63) is 63.8 Å². The maximum Gasteiger partial charge on any atom is 0.194 e. The van der Waals surface area contributed by atoms with Crippen LogP contribution < -0.4 is 10.1 Å². The van der Waals surface area contributed by atoms with Gasteiger partial charge < -0.3 is 24.8 Å². The van der Waals surface area contributed by atoms with Gasteiger partial charge in [-0.1, -0.05) is 0 Å². The predicted octanol–water partition coefficient (Wildman–Crippen LogP) is 3.74. The summed E-state index contributed by atoms with van der Waals surface area (Å²) in [5.41, 5.74) is -0.148. The molecule has 0 saturated heterocycles. The van der Waals surface area contributed by atoms with E-state index in [2.05, 4.69) is 23.7 Å². The molecule has 0 amide bonds. The molecule has 4 rings (SSSR count). The Kier molecular flexibility index (Phi) is 5.43. The molecule has 0 spiro atoms. The number of nitrogens with zero attached hydrogens (tertiary/aromatic N) is 1. The molecule has 1 atom stereocenters. The standard InChI is InChI=1S/C26H28N2O6/c1-12(2)28-9-7-8-16(28)11-27-14(4)19-17(30)10-18-26(6,25(19)33)21-23(32)13(3)22(31)20(15(5)29)24(21)34-18/h7-10,12,27,31-32H,11H2,1-6H3/t26-/m0/s1. The zero-order chi connectivity index (χ0) is 25.1. The Bertz CT molecular complexity index is 1330. The van der Waals surface area contributed by atoms with Gasteiger partial charge in [0.15, 0.2) is 17.3 Å². The van der Waals surface area contributed by atoms with Crippen LogP contribution >= 0.6 is 0 Å². The highest BCUT2D eigenvalue weighted by Crippen LogP contribution is 2.57. The summed E-state index contributed by atoms with van der Waals surface area (Å²) in [5.74, 6) is -2.39. The number of nitrogens with one attached hydrogen (secondary N) is 1. The van der Waals surface area contributed by atoms with E-state index in [1.165, 1.54) is 19.9 Å². The summed E-state index contributed by atoms with van der Waals surface area (Å²) < 4.78 is 7.87. The van der Waals surface area contributed by atoms with Gasteiger partial charge >= 0.3 is 0 Å². The predicted molar refractivity (Wildman–Crippen MR) is 125 cm³/mol. The topological polar surface area (TPSA) is 118 Å². The van der Waals surface area contributed by atoms with Gasteiger partial charge in [0.1, 0.15) is 34.0 Å². The monoisotopic (exact) mass is 464 g/mol. The van der Waals surface area contributed by atoms with Crippen molar-refractivity contribution in [1.29, 1.82) is 0 Å². The summed E-state index contributed by atoms with van der Waals surface area (Å²) in [4.78, 5) is 39.1. The summed E-state index contributed by atoms with van der Waals surface area (Å²) in [6.07, 6.45) is 3.19. The lowest BCUT2D eigenvalue weighted by molar-refractivity contribution is -0.123. The first-order valence-corrected chi connectivity index (χ1v) is 11.1.